The van der Waals surface area contributed by atoms with Crippen molar-refractivity contribution in [1.82, 2.24) is 15.1 Å². The highest BCUT2D eigenvalue weighted by Gasteiger charge is 2.23. The minimum atomic E-state index is 0.0469. The van der Waals surface area contributed by atoms with Crippen LogP contribution < -0.4 is 5.32 Å². The van der Waals surface area contributed by atoms with E-state index in [4.69, 9.17) is 4.42 Å². The molecule has 0 bridgehead atoms. The fraction of sp³-hybridized carbons (Fsp3) is 0.450. The Kier molecular flexibility index (Phi) is 6.25. The summed E-state index contributed by atoms with van der Waals surface area (Å²) in [4.78, 5) is 16.8. The highest BCUT2D eigenvalue weighted by Crippen LogP contribution is 2.17. The maximum Gasteiger partial charge on any atom is 0.234 e. The molecule has 3 rings (SSSR count). The van der Waals surface area contributed by atoms with Crippen LogP contribution in [0.2, 0.25) is 0 Å². The lowest BCUT2D eigenvalue weighted by atomic mass is 10.0. The van der Waals surface area contributed by atoms with E-state index in [0.717, 1.165) is 38.2 Å². The van der Waals surface area contributed by atoms with Crippen LogP contribution in [-0.4, -0.2) is 48.4 Å². The summed E-state index contributed by atoms with van der Waals surface area (Å²) in [6, 6.07) is 14.8. The van der Waals surface area contributed by atoms with Crippen LogP contribution in [0.25, 0.3) is 0 Å². The first-order chi connectivity index (χ1) is 12.2. The molecule has 1 amide bonds. The molecule has 0 spiro atoms. The maximum atomic E-state index is 12.1. The van der Waals surface area contributed by atoms with Gasteiger partial charge in [0.25, 0.3) is 0 Å². The average Bonchev–Trinajstić information content (AvgIpc) is 3.15. The molecule has 1 aromatic carbocycles. The van der Waals surface area contributed by atoms with Crippen LogP contribution in [0.3, 0.4) is 0 Å². The number of carbonyl (C=O) groups is 1. The van der Waals surface area contributed by atoms with Crippen LogP contribution in [0, 0.1) is 0 Å². The molecule has 1 aromatic heterocycles. The Morgan fingerprint density at radius 3 is 2.64 bits per heavy atom. The van der Waals surface area contributed by atoms with Gasteiger partial charge >= 0.3 is 0 Å². The third kappa shape index (κ3) is 5.44. The summed E-state index contributed by atoms with van der Waals surface area (Å²) in [6.45, 7) is 4.07. The number of nitrogens with zero attached hydrogens (tertiary/aromatic N) is 2. The molecule has 134 valence electrons. The normalized spacial score (nSPS) is 16.2. The Morgan fingerprint density at radius 2 is 1.96 bits per heavy atom. The third-order valence-corrected chi connectivity index (χ3v) is 4.86. The molecule has 2 heterocycles. The van der Waals surface area contributed by atoms with Gasteiger partial charge in [-0.15, -0.1) is 0 Å². The standard InChI is InChI=1S/C20H27N3O2/c1-22(16-20(24)21-14-19-8-5-13-25-19)18-9-11-23(12-10-18)15-17-6-3-2-4-7-17/h2-8,13,18H,9-12,14-16H2,1H3,(H,21,24). The Hall–Kier alpha value is -2.11. The number of piperidine rings is 1. The van der Waals surface area contributed by atoms with Crippen molar-refractivity contribution in [3.05, 3.63) is 60.1 Å². The molecule has 5 heteroatoms. The predicted octanol–water partition coefficient (Wildman–Crippen LogP) is 2.49. The van der Waals surface area contributed by atoms with Gasteiger partial charge in [0.1, 0.15) is 5.76 Å². The minimum absolute atomic E-state index is 0.0469. The van der Waals surface area contributed by atoms with Crippen LogP contribution in [0.4, 0.5) is 0 Å². The summed E-state index contributed by atoms with van der Waals surface area (Å²) in [5, 5.41) is 2.91. The molecule has 1 fully saturated rings. The zero-order chi connectivity index (χ0) is 17.5. The van der Waals surface area contributed by atoms with Gasteiger partial charge in [-0.1, -0.05) is 30.3 Å². The smallest absolute Gasteiger partial charge is 0.234 e. The second-order valence-electron chi connectivity index (χ2n) is 6.76. The van der Waals surface area contributed by atoms with Crippen LogP contribution in [0.15, 0.2) is 53.1 Å². The number of likely N-dealkylation sites (N-methyl/N-ethyl adjacent to an activating group) is 1. The van der Waals surface area contributed by atoms with Crippen LogP contribution in [0.1, 0.15) is 24.2 Å². The summed E-state index contributed by atoms with van der Waals surface area (Å²) >= 11 is 0. The van der Waals surface area contributed by atoms with E-state index in [1.165, 1.54) is 5.56 Å². The van der Waals surface area contributed by atoms with Crippen LogP contribution in [-0.2, 0) is 17.9 Å². The number of hydrogen-bond donors (Lipinski definition) is 1. The quantitative estimate of drug-likeness (QED) is 0.841. The van der Waals surface area contributed by atoms with Crippen molar-refractivity contribution in [3.8, 4) is 0 Å². The Bertz CT molecular complexity index is 634. The third-order valence-electron chi connectivity index (χ3n) is 4.86. The predicted molar refractivity (Wildman–Crippen MR) is 97.9 cm³/mol. The first kappa shape index (κ1) is 17.7. The van der Waals surface area contributed by atoms with Crippen molar-refractivity contribution in [2.45, 2.75) is 32.0 Å². The van der Waals surface area contributed by atoms with Gasteiger partial charge in [0.15, 0.2) is 0 Å². The number of carbonyl (C=O) groups excluding carboxylic acids is 1. The second kappa shape index (κ2) is 8.83. The van der Waals surface area contributed by atoms with E-state index in [1.807, 2.05) is 19.2 Å². The number of hydrogen-bond acceptors (Lipinski definition) is 4. The zero-order valence-electron chi connectivity index (χ0n) is 14.9. The van der Waals surface area contributed by atoms with Gasteiger partial charge in [-0.2, -0.15) is 0 Å². The topological polar surface area (TPSA) is 48.7 Å². The largest absolute Gasteiger partial charge is 0.467 e. The van der Waals surface area contributed by atoms with E-state index in [-0.39, 0.29) is 5.91 Å². The lowest BCUT2D eigenvalue weighted by molar-refractivity contribution is -0.122. The lowest BCUT2D eigenvalue weighted by Crippen LogP contribution is -2.46. The molecule has 0 aliphatic carbocycles. The average molecular weight is 341 g/mol. The van der Waals surface area contributed by atoms with Crippen molar-refractivity contribution in [2.24, 2.45) is 0 Å². The van der Waals surface area contributed by atoms with Crippen LogP contribution in [0.5, 0.6) is 0 Å². The number of nitrogens with one attached hydrogen (secondary N) is 1. The van der Waals surface area contributed by atoms with E-state index >= 15 is 0 Å². The molecule has 2 aromatic rings. The number of rotatable bonds is 7. The van der Waals surface area contributed by atoms with Gasteiger partial charge in [0.2, 0.25) is 5.91 Å². The molecule has 0 unspecified atom stereocenters. The molecule has 1 saturated heterocycles. The minimum Gasteiger partial charge on any atom is -0.467 e. The fourth-order valence-electron chi connectivity index (χ4n) is 3.37. The number of furan rings is 1. The first-order valence-corrected chi connectivity index (χ1v) is 8.96. The van der Waals surface area contributed by atoms with Gasteiger partial charge in [0.05, 0.1) is 19.4 Å². The molecule has 0 atom stereocenters. The van der Waals surface area contributed by atoms with Crippen molar-refractivity contribution in [1.29, 1.82) is 0 Å². The Labute approximate surface area is 149 Å². The van der Waals surface area contributed by atoms with Crippen LogP contribution >= 0.6 is 0 Å². The van der Waals surface area contributed by atoms with Gasteiger partial charge in [0, 0.05) is 12.6 Å². The number of benzene rings is 1. The van der Waals surface area contributed by atoms with Gasteiger partial charge in [-0.05, 0) is 50.7 Å². The molecule has 0 radical (unpaired) electrons. The molecular formula is C20H27N3O2. The fourth-order valence-corrected chi connectivity index (χ4v) is 3.37. The summed E-state index contributed by atoms with van der Waals surface area (Å²) in [7, 11) is 2.05. The van der Waals surface area contributed by atoms with E-state index in [9.17, 15) is 4.79 Å². The highest BCUT2D eigenvalue weighted by atomic mass is 16.3. The van der Waals surface area contributed by atoms with Crippen molar-refractivity contribution in [2.75, 3.05) is 26.7 Å². The first-order valence-electron chi connectivity index (χ1n) is 8.96. The van der Waals surface area contributed by atoms with Crippen molar-refractivity contribution < 1.29 is 9.21 Å². The second-order valence-corrected chi connectivity index (χ2v) is 6.76. The van der Waals surface area contributed by atoms with Gasteiger partial charge in [-0.3, -0.25) is 14.6 Å². The lowest BCUT2D eigenvalue weighted by Gasteiger charge is -2.36. The molecular weight excluding hydrogens is 314 g/mol. The van der Waals surface area contributed by atoms with Gasteiger partial charge in [-0.25, -0.2) is 0 Å². The number of likely N-dealkylation sites (tertiary alicyclic amines) is 1. The summed E-state index contributed by atoms with van der Waals surface area (Å²) in [5.41, 5.74) is 1.37. The SMILES string of the molecule is CN(CC(=O)NCc1ccco1)C1CCN(Cc2ccccc2)CC1. The molecule has 1 aliphatic rings. The maximum absolute atomic E-state index is 12.1. The highest BCUT2D eigenvalue weighted by molar-refractivity contribution is 5.77. The summed E-state index contributed by atoms with van der Waals surface area (Å²) in [5.74, 6) is 0.829. The summed E-state index contributed by atoms with van der Waals surface area (Å²) < 4.78 is 5.23. The molecule has 1 N–H and O–H groups in total. The number of amides is 1. The molecule has 1 aliphatic heterocycles. The Balaban J connectivity index is 1.37. The molecule has 25 heavy (non-hydrogen) atoms. The van der Waals surface area contributed by atoms with E-state index < -0.39 is 0 Å². The Morgan fingerprint density at radius 1 is 1.20 bits per heavy atom. The van der Waals surface area contributed by atoms with E-state index in [2.05, 4.69) is 45.4 Å². The van der Waals surface area contributed by atoms with E-state index in [1.54, 1.807) is 6.26 Å². The monoisotopic (exact) mass is 341 g/mol. The van der Waals surface area contributed by atoms with Gasteiger partial charge < -0.3 is 9.73 Å². The van der Waals surface area contributed by atoms with Crippen molar-refractivity contribution in [3.63, 3.8) is 0 Å². The van der Waals surface area contributed by atoms with E-state index in [0.29, 0.717) is 19.1 Å². The molecule has 5 nitrogen and oxygen atoms in total. The summed E-state index contributed by atoms with van der Waals surface area (Å²) in [6.07, 6.45) is 3.83. The zero-order valence-corrected chi connectivity index (χ0v) is 14.9. The van der Waals surface area contributed by atoms with Crippen molar-refractivity contribution >= 4 is 5.91 Å². The molecule has 0 saturated carbocycles.